The molecular formula is C22H23ClN4O2. The first kappa shape index (κ1) is 19.5. The molecule has 1 amide bonds. The molecule has 7 heteroatoms. The fourth-order valence-electron chi connectivity index (χ4n) is 4.05. The highest BCUT2D eigenvalue weighted by Crippen LogP contribution is 2.43. The highest BCUT2D eigenvalue weighted by Gasteiger charge is 2.44. The third-order valence-corrected chi connectivity index (χ3v) is 5.64. The number of hydrogen-bond donors (Lipinski definition) is 0. The van der Waals surface area contributed by atoms with Crippen LogP contribution in [-0.4, -0.2) is 20.3 Å². The molecule has 0 aliphatic carbocycles. The number of aryl methyl sites for hydroxylation is 3. The topological polar surface area (TPSA) is 60.1 Å². The van der Waals surface area contributed by atoms with E-state index in [0.29, 0.717) is 22.0 Å². The number of rotatable bonds is 3. The maximum Gasteiger partial charge on any atom is 0.277 e. The Morgan fingerprint density at radius 1 is 1.10 bits per heavy atom. The molecule has 3 heterocycles. The Balaban J connectivity index is 1.99. The van der Waals surface area contributed by atoms with Crippen LogP contribution in [-0.2, 0) is 7.05 Å². The Morgan fingerprint density at radius 3 is 2.34 bits per heavy atom. The highest BCUT2D eigenvalue weighted by molar-refractivity contribution is 6.30. The number of nitrogens with zero attached hydrogens (tertiary/aromatic N) is 4. The van der Waals surface area contributed by atoms with Crippen molar-refractivity contribution in [3.05, 3.63) is 80.0 Å². The predicted octanol–water partition coefficient (Wildman–Crippen LogP) is 4.18. The molecule has 0 unspecified atom stereocenters. The first-order valence-corrected chi connectivity index (χ1v) is 9.93. The molecule has 0 fully saturated rings. The van der Waals surface area contributed by atoms with Gasteiger partial charge >= 0.3 is 0 Å². The summed E-state index contributed by atoms with van der Waals surface area (Å²) in [6.07, 6.45) is 1.71. The van der Waals surface area contributed by atoms with Crippen LogP contribution >= 0.6 is 11.6 Å². The van der Waals surface area contributed by atoms with E-state index in [2.05, 4.69) is 5.10 Å². The number of halogens is 1. The monoisotopic (exact) mass is 410 g/mol. The maximum absolute atomic E-state index is 13.6. The SMILES string of the molecule is Cc1nn(C(C)C)c2c1[C@H](c1ccc(Cl)cc1)N(c1cc(C)c(=O)n(C)c1)C2=O. The van der Waals surface area contributed by atoms with Gasteiger partial charge in [0.15, 0.2) is 0 Å². The van der Waals surface area contributed by atoms with Gasteiger partial charge in [-0.3, -0.25) is 19.2 Å². The number of benzene rings is 1. The third kappa shape index (κ3) is 2.99. The molecule has 2 aromatic heterocycles. The maximum atomic E-state index is 13.6. The zero-order valence-electron chi connectivity index (χ0n) is 17.1. The van der Waals surface area contributed by atoms with E-state index >= 15 is 0 Å². The summed E-state index contributed by atoms with van der Waals surface area (Å²) in [5.74, 6) is -0.118. The number of amides is 1. The van der Waals surface area contributed by atoms with Crippen molar-refractivity contribution in [2.75, 3.05) is 4.90 Å². The molecule has 0 saturated heterocycles. The van der Waals surface area contributed by atoms with Gasteiger partial charge in [-0.25, -0.2) is 0 Å². The number of fused-ring (bicyclic) bond motifs is 1. The molecule has 4 rings (SSSR count). The van der Waals surface area contributed by atoms with E-state index in [0.717, 1.165) is 16.8 Å². The summed E-state index contributed by atoms with van der Waals surface area (Å²) in [5, 5.41) is 5.28. The lowest BCUT2D eigenvalue weighted by Crippen LogP contribution is -2.32. The van der Waals surface area contributed by atoms with Crippen LogP contribution in [0.2, 0.25) is 5.02 Å². The number of hydrogen-bond acceptors (Lipinski definition) is 3. The van der Waals surface area contributed by atoms with Crippen molar-refractivity contribution in [3.8, 4) is 0 Å². The second kappa shape index (κ2) is 6.88. The summed E-state index contributed by atoms with van der Waals surface area (Å²) >= 11 is 6.10. The number of carbonyl (C=O) groups is 1. The quantitative estimate of drug-likeness (QED) is 0.650. The van der Waals surface area contributed by atoms with E-state index in [1.165, 1.54) is 4.57 Å². The van der Waals surface area contributed by atoms with Crippen molar-refractivity contribution in [1.29, 1.82) is 0 Å². The van der Waals surface area contributed by atoms with Crippen LogP contribution < -0.4 is 10.5 Å². The second-order valence-electron chi connectivity index (χ2n) is 7.81. The molecule has 29 heavy (non-hydrogen) atoms. The fourth-order valence-corrected chi connectivity index (χ4v) is 4.18. The molecule has 0 spiro atoms. The number of carbonyl (C=O) groups excluding carboxylic acids is 1. The lowest BCUT2D eigenvalue weighted by atomic mass is 9.99. The summed E-state index contributed by atoms with van der Waals surface area (Å²) < 4.78 is 3.31. The molecule has 1 aliphatic heterocycles. The van der Waals surface area contributed by atoms with Crippen molar-refractivity contribution in [2.24, 2.45) is 7.05 Å². The van der Waals surface area contributed by atoms with Gasteiger partial charge in [-0.1, -0.05) is 23.7 Å². The average molecular weight is 411 g/mol. The summed E-state index contributed by atoms with van der Waals surface area (Å²) in [6.45, 7) is 7.72. The Bertz CT molecular complexity index is 1150. The minimum Gasteiger partial charge on any atom is -0.316 e. The van der Waals surface area contributed by atoms with Gasteiger partial charge in [0.1, 0.15) is 5.69 Å². The highest BCUT2D eigenvalue weighted by atomic mass is 35.5. The van der Waals surface area contributed by atoms with Gasteiger partial charge in [0.05, 0.1) is 17.4 Å². The smallest absolute Gasteiger partial charge is 0.277 e. The standard InChI is InChI=1S/C22H23ClN4O2/c1-12(2)27-20-18(14(4)24-27)19(15-6-8-16(23)9-7-15)26(22(20)29)17-10-13(3)21(28)25(5)11-17/h6-12,19H,1-5H3/t19-/m0/s1. The number of anilines is 1. The van der Waals surface area contributed by atoms with Gasteiger partial charge in [-0.05, 0) is 51.5 Å². The van der Waals surface area contributed by atoms with Gasteiger partial charge in [-0.15, -0.1) is 0 Å². The predicted molar refractivity (Wildman–Crippen MR) is 114 cm³/mol. The van der Waals surface area contributed by atoms with Crippen LogP contribution in [0.3, 0.4) is 0 Å². The molecule has 1 aliphatic rings. The summed E-state index contributed by atoms with van der Waals surface area (Å²) in [5.41, 5.74) is 4.46. The van der Waals surface area contributed by atoms with Crippen molar-refractivity contribution in [3.63, 3.8) is 0 Å². The molecule has 6 nitrogen and oxygen atoms in total. The molecule has 0 bridgehead atoms. The second-order valence-corrected chi connectivity index (χ2v) is 8.25. The largest absolute Gasteiger partial charge is 0.316 e. The molecule has 0 N–H and O–H groups in total. The molecule has 1 aromatic carbocycles. The summed E-state index contributed by atoms with van der Waals surface area (Å²) in [6, 6.07) is 9.01. The van der Waals surface area contributed by atoms with E-state index in [9.17, 15) is 9.59 Å². The number of pyridine rings is 1. The molecule has 1 atom stereocenters. The summed E-state index contributed by atoms with van der Waals surface area (Å²) in [4.78, 5) is 27.6. The van der Waals surface area contributed by atoms with Crippen molar-refractivity contribution < 1.29 is 4.79 Å². The first-order valence-electron chi connectivity index (χ1n) is 9.56. The van der Waals surface area contributed by atoms with Gasteiger partial charge in [0, 0.05) is 35.4 Å². The van der Waals surface area contributed by atoms with Crippen LogP contribution in [0.4, 0.5) is 5.69 Å². The van der Waals surface area contributed by atoms with E-state index in [4.69, 9.17) is 11.6 Å². The molecule has 0 radical (unpaired) electrons. The van der Waals surface area contributed by atoms with Crippen LogP contribution in [0.1, 0.15) is 58.8 Å². The molecule has 0 saturated carbocycles. The normalized spacial score (nSPS) is 16.0. The zero-order valence-corrected chi connectivity index (χ0v) is 17.9. The molecular weight excluding hydrogens is 388 g/mol. The van der Waals surface area contributed by atoms with Crippen LogP contribution in [0, 0.1) is 13.8 Å². The Labute approximate surface area is 174 Å². The minimum atomic E-state index is -0.334. The molecule has 3 aromatic rings. The van der Waals surface area contributed by atoms with E-state index in [-0.39, 0.29) is 23.6 Å². The van der Waals surface area contributed by atoms with E-state index < -0.39 is 0 Å². The summed E-state index contributed by atoms with van der Waals surface area (Å²) in [7, 11) is 1.70. The van der Waals surface area contributed by atoms with E-state index in [1.54, 1.807) is 35.8 Å². The van der Waals surface area contributed by atoms with Gasteiger partial charge in [0.2, 0.25) is 0 Å². The lowest BCUT2D eigenvalue weighted by molar-refractivity contribution is 0.0981. The van der Waals surface area contributed by atoms with Gasteiger partial charge < -0.3 is 4.57 Å². The van der Waals surface area contributed by atoms with E-state index in [1.807, 2.05) is 45.0 Å². The minimum absolute atomic E-state index is 0.0501. The average Bonchev–Trinajstić information content (AvgIpc) is 3.16. The van der Waals surface area contributed by atoms with Crippen LogP contribution in [0.5, 0.6) is 0 Å². The van der Waals surface area contributed by atoms with Crippen LogP contribution in [0.15, 0.2) is 41.3 Å². The Hall–Kier alpha value is -2.86. The first-order chi connectivity index (χ1) is 13.7. The third-order valence-electron chi connectivity index (χ3n) is 5.39. The van der Waals surface area contributed by atoms with Crippen molar-refractivity contribution >= 4 is 23.2 Å². The Kier molecular flexibility index (Phi) is 4.62. The number of aromatic nitrogens is 3. The van der Waals surface area contributed by atoms with Gasteiger partial charge in [-0.2, -0.15) is 5.10 Å². The zero-order chi connectivity index (χ0) is 21.0. The van der Waals surface area contributed by atoms with Crippen molar-refractivity contribution in [1.82, 2.24) is 14.3 Å². The van der Waals surface area contributed by atoms with Crippen molar-refractivity contribution in [2.45, 2.75) is 39.8 Å². The molecule has 150 valence electrons. The van der Waals surface area contributed by atoms with Crippen LogP contribution in [0.25, 0.3) is 0 Å². The van der Waals surface area contributed by atoms with Gasteiger partial charge in [0.25, 0.3) is 11.5 Å². The Morgan fingerprint density at radius 2 is 1.76 bits per heavy atom. The lowest BCUT2D eigenvalue weighted by Gasteiger charge is -2.27. The fraction of sp³-hybridized carbons (Fsp3) is 0.318.